The van der Waals surface area contributed by atoms with Gasteiger partial charge in [-0.1, -0.05) is 5.21 Å². The van der Waals surface area contributed by atoms with E-state index in [4.69, 9.17) is 5.73 Å². The highest BCUT2D eigenvalue weighted by atomic mass is 15.4. The lowest BCUT2D eigenvalue weighted by atomic mass is 10.2. The fraction of sp³-hybridized carbons (Fsp3) is 0.250. The summed E-state index contributed by atoms with van der Waals surface area (Å²) < 4.78 is 1.74. The van der Waals surface area contributed by atoms with Crippen LogP contribution >= 0.6 is 0 Å². The topological polar surface area (TPSA) is 56.2 Å². The van der Waals surface area contributed by atoms with Crippen molar-refractivity contribution in [1.82, 2.24) is 14.8 Å². The fourth-order valence-corrected chi connectivity index (χ4v) is 1.20. The summed E-state index contributed by atoms with van der Waals surface area (Å²) in [5.74, 6) is 0. The second-order valence-electron chi connectivity index (χ2n) is 2.68. The van der Waals surface area contributed by atoms with E-state index < -0.39 is 0 Å². The molecule has 2 aromatic heterocycles. The number of rotatable bonds is 2. The molecule has 0 aromatic carbocycles. The Kier molecular flexibility index (Phi) is 1.75. The van der Waals surface area contributed by atoms with E-state index >= 15 is 0 Å². The van der Waals surface area contributed by atoms with Gasteiger partial charge in [0, 0.05) is 6.20 Å². The minimum Gasteiger partial charge on any atom is -0.330 e. The highest BCUT2D eigenvalue weighted by molar-refractivity contribution is 5.45. The van der Waals surface area contributed by atoms with Crippen LogP contribution in [0.4, 0.5) is 0 Å². The molecule has 0 amide bonds. The zero-order valence-corrected chi connectivity index (χ0v) is 6.64. The number of hydrogen-bond acceptors (Lipinski definition) is 3. The molecule has 62 valence electrons. The van der Waals surface area contributed by atoms with Crippen molar-refractivity contribution in [2.24, 2.45) is 5.73 Å². The maximum Gasteiger partial charge on any atom is 0.0867 e. The van der Waals surface area contributed by atoms with Gasteiger partial charge in [0.15, 0.2) is 0 Å². The van der Waals surface area contributed by atoms with Gasteiger partial charge < -0.3 is 5.73 Å². The lowest BCUT2D eigenvalue weighted by molar-refractivity contribution is 0.850. The van der Waals surface area contributed by atoms with E-state index in [0.717, 1.165) is 11.9 Å². The Bertz CT molecular complexity index is 379. The molecule has 0 bridgehead atoms. The summed E-state index contributed by atoms with van der Waals surface area (Å²) in [5.41, 5.74) is 7.69. The molecule has 0 fully saturated rings. The second kappa shape index (κ2) is 2.91. The molecular weight excluding hydrogens is 152 g/mol. The van der Waals surface area contributed by atoms with Crippen LogP contribution in [-0.4, -0.2) is 21.4 Å². The van der Waals surface area contributed by atoms with Crippen molar-refractivity contribution in [3.8, 4) is 0 Å². The molecule has 4 heteroatoms. The molecule has 2 N–H and O–H groups in total. The van der Waals surface area contributed by atoms with E-state index in [2.05, 4.69) is 10.3 Å². The molecule has 2 rings (SSSR count). The Labute approximate surface area is 70.0 Å². The van der Waals surface area contributed by atoms with Crippen molar-refractivity contribution in [1.29, 1.82) is 0 Å². The summed E-state index contributed by atoms with van der Waals surface area (Å²) in [7, 11) is 0. The molecule has 0 aliphatic carbocycles. The molecule has 0 spiro atoms. The van der Waals surface area contributed by atoms with Crippen LogP contribution in [0.1, 0.15) is 5.56 Å². The molecule has 2 heterocycles. The lowest BCUT2D eigenvalue weighted by Crippen LogP contribution is -2.02. The summed E-state index contributed by atoms with van der Waals surface area (Å²) in [6, 6.07) is 4.06. The third kappa shape index (κ3) is 1.16. The standard InChI is InChI=1S/C8H10N4/c9-3-1-7-2-4-12-8(5-7)6-10-11-12/h2,4-6H,1,3,9H2. The first-order valence-electron chi connectivity index (χ1n) is 3.89. The number of nitrogens with zero attached hydrogens (tertiary/aromatic N) is 3. The predicted molar refractivity (Wildman–Crippen MR) is 45.7 cm³/mol. The van der Waals surface area contributed by atoms with Gasteiger partial charge in [0.25, 0.3) is 0 Å². The van der Waals surface area contributed by atoms with Crippen molar-refractivity contribution in [2.75, 3.05) is 6.54 Å². The number of hydrogen-bond donors (Lipinski definition) is 1. The fourth-order valence-electron chi connectivity index (χ4n) is 1.20. The van der Waals surface area contributed by atoms with E-state index in [1.54, 1.807) is 10.7 Å². The van der Waals surface area contributed by atoms with Crippen LogP contribution in [0.2, 0.25) is 0 Å². The molecule has 4 nitrogen and oxygen atoms in total. The second-order valence-corrected chi connectivity index (χ2v) is 2.68. The van der Waals surface area contributed by atoms with Crippen LogP contribution in [0.15, 0.2) is 24.5 Å². The number of nitrogens with two attached hydrogens (primary N) is 1. The minimum absolute atomic E-state index is 0.678. The Balaban J connectivity index is 2.46. The summed E-state index contributed by atoms with van der Waals surface area (Å²) in [6.45, 7) is 0.678. The third-order valence-electron chi connectivity index (χ3n) is 1.80. The number of fused-ring (bicyclic) bond motifs is 1. The van der Waals surface area contributed by atoms with Gasteiger partial charge in [-0.2, -0.15) is 0 Å². The summed E-state index contributed by atoms with van der Waals surface area (Å²) in [4.78, 5) is 0. The Morgan fingerprint density at radius 1 is 1.50 bits per heavy atom. The van der Waals surface area contributed by atoms with Crippen LogP contribution < -0.4 is 5.73 Å². The minimum atomic E-state index is 0.678. The van der Waals surface area contributed by atoms with E-state index in [0.29, 0.717) is 6.54 Å². The molecule has 0 atom stereocenters. The van der Waals surface area contributed by atoms with Crippen LogP contribution in [0.3, 0.4) is 0 Å². The Hall–Kier alpha value is -1.42. The van der Waals surface area contributed by atoms with Gasteiger partial charge in [0.2, 0.25) is 0 Å². The molecule has 0 saturated carbocycles. The van der Waals surface area contributed by atoms with Gasteiger partial charge in [0.1, 0.15) is 0 Å². The van der Waals surface area contributed by atoms with Crippen molar-refractivity contribution >= 4 is 5.52 Å². The zero-order valence-electron chi connectivity index (χ0n) is 6.64. The van der Waals surface area contributed by atoms with Crippen LogP contribution in [0.5, 0.6) is 0 Å². The maximum atomic E-state index is 5.44. The molecule has 0 radical (unpaired) electrons. The normalized spacial score (nSPS) is 10.8. The first-order valence-corrected chi connectivity index (χ1v) is 3.89. The molecule has 0 aliphatic heterocycles. The van der Waals surface area contributed by atoms with Crippen LogP contribution in [0.25, 0.3) is 5.52 Å². The Morgan fingerprint density at radius 2 is 2.42 bits per heavy atom. The van der Waals surface area contributed by atoms with Crippen molar-refractivity contribution < 1.29 is 0 Å². The van der Waals surface area contributed by atoms with Crippen LogP contribution in [0, 0.1) is 0 Å². The largest absolute Gasteiger partial charge is 0.330 e. The summed E-state index contributed by atoms with van der Waals surface area (Å²) >= 11 is 0. The zero-order chi connectivity index (χ0) is 8.39. The molecule has 12 heavy (non-hydrogen) atoms. The smallest absolute Gasteiger partial charge is 0.0867 e. The van der Waals surface area contributed by atoms with E-state index in [-0.39, 0.29) is 0 Å². The highest BCUT2D eigenvalue weighted by Gasteiger charge is 1.95. The van der Waals surface area contributed by atoms with Gasteiger partial charge >= 0.3 is 0 Å². The average molecular weight is 162 g/mol. The molecule has 0 unspecified atom stereocenters. The molecule has 2 aromatic rings. The molecule has 0 aliphatic rings. The average Bonchev–Trinajstić information content (AvgIpc) is 2.51. The summed E-state index contributed by atoms with van der Waals surface area (Å²) in [6.07, 6.45) is 4.54. The van der Waals surface area contributed by atoms with Crippen molar-refractivity contribution in [3.63, 3.8) is 0 Å². The lowest BCUT2D eigenvalue weighted by Gasteiger charge is -1.97. The molecule has 0 saturated heterocycles. The van der Waals surface area contributed by atoms with Gasteiger partial charge in [-0.3, -0.25) is 0 Å². The van der Waals surface area contributed by atoms with E-state index in [1.807, 2.05) is 18.3 Å². The van der Waals surface area contributed by atoms with Gasteiger partial charge in [0.05, 0.1) is 11.7 Å². The van der Waals surface area contributed by atoms with Crippen LogP contribution in [-0.2, 0) is 6.42 Å². The van der Waals surface area contributed by atoms with Crippen molar-refractivity contribution in [3.05, 3.63) is 30.1 Å². The maximum absolute atomic E-state index is 5.44. The first-order chi connectivity index (χ1) is 5.90. The third-order valence-corrected chi connectivity index (χ3v) is 1.80. The monoisotopic (exact) mass is 162 g/mol. The Morgan fingerprint density at radius 3 is 3.25 bits per heavy atom. The number of pyridine rings is 1. The van der Waals surface area contributed by atoms with E-state index in [9.17, 15) is 0 Å². The molecular formula is C8H10N4. The van der Waals surface area contributed by atoms with Gasteiger partial charge in [-0.15, -0.1) is 5.10 Å². The first kappa shape index (κ1) is 7.24. The summed E-state index contributed by atoms with van der Waals surface area (Å²) in [5, 5.41) is 7.64. The van der Waals surface area contributed by atoms with E-state index in [1.165, 1.54) is 5.56 Å². The SMILES string of the molecule is NCCc1ccn2nncc2c1. The predicted octanol–water partition coefficient (Wildman–Crippen LogP) is 0.230. The van der Waals surface area contributed by atoms with Gasteiger partial charge in [-0.05, 0) is 30.7 Å². The highest BCUT2D eigenvalue weighted by Crippen LogP contribution is 2.04. The van der Waals surface area contributed by atoms with Gasteiger partial charge in [-0.25, -0.2) is 4.52 Å². The quantitative estimate of drug-likeness (QED) is 0.687. The van der Waals surface area contributed by atoms with Crippen molar-refractivity contribution in [2.45, 2.75) is 6.42 Å². The number of aromatic nitrogens is 3.